The molecule has 0 bridgehead atoms. The third kappa shape index (κ3) is 4.60. The van der Waals surface area contributed by atoms with Crippen LogP contribution in [0, 0.1) is 5.82 Å². The second-order valence-corrected chi connectivity index (χ2v) is 6.58. The Labute approximate surface area is 163 Å². The highest BCUT2D eigenvalue weighted by Crippen LogP contribution is 2.24. The summed E-state index contributed by atoms with van der Waals surface area (Å²) in [4.78, 5) is 28.7. The van der Waals surface area contributed by atoms with Crippen molar-refractivity contribution in [3.05, 3.63) is 59.4 Å². The van der Waals surface area contributed by atoms with Crippen LogP contribution in [0.25, 0.3) is 0 Å². The van der Waals surface area contributed by atoms with Crippen LogP contribution in [0.15, 0.2) is 42.5 Å². The molecule has 0 aromatic heterocycles. The summed E-state index contributed by atoms with van der Waals surface area (Å²) in [6.07, 6.45) is 0.224. The van der Waals surface area contributed by atoms with E-state index in [0.29, 0.717) is 43.2 Å². The molecule has 0 spiro atoms. The minimum atomic E-state index is -0.322. The second kappa shape index (κ2) is 8.73. The van der Waals surface area contributed by atoms with Crippen LogP contribution >= 0.6 is 0 Å². The van der Waals surface area contributed by atoms with Crippen LogP contribution < -0.4 is 9.47 Å². The smallest absolute Gasteiger partial charge is 0.254 e. The van der Waals surface area contributed by atoms with Gasteiger partial charge < -0.3 is 19.3 Å². The van der Waals surface area contributed by atoms with E-state index in [1.54, 1.807) is 40.1 Å². The molecule has 1 fully saturated rings. The number of amides is 2. The highest BCUT2D eigenvalue weighted by Gasteiger charge is 2.25. The van der Waals surface area contributed by atoms with Crippen molar-refractivity contribution in [2.75, 3.05) is 40.4 Å². The molecule has 0 unspecified atom stereocenters. The number of nitrogens with zero attached hydrogens (tertiary/aromatic N) is 2. The number of hydrogen-bond acceptors (Lipinski definition) is 4. The summed E-state index contributed by atoms with van der Waals surface area (Å²) < 4.78 is 23.4. The zero-order valence-corrected chi connectivity index (χ0v) is 16.0. The Kier molecular flexibility index (Phi) is 6.13. The number of ether oxygens (including phenoxy) is 2. The predicted molar refractivity (Wildman–Crippen MR) is 102 cm³/mol. The topological polar surface area (TPSA) is 59.1 Å². The summed E-state index contributed by atoms with van der Waals surface area (Å²) in [5.41, 5.74) is 1.26. The molecule has 2 aromatic carbocycles. The summed E-state index contributed by atoms with van der Waals surface area (Å²) in [6.45, 7) is 1.83. The van der Waals surface area contributed by atoms with Crippen molar-refractivity contribution in [3.63, 3.8) is 0 Å². The molecule has 0 aliphatic carbocycles. The summed E-state index contributed by atoms with van der Waals surface area (Å²) in [5, 5.41) is 0. The van der Waals surface area contributed by atoms with Gasteiger partial charge in [0.25, 0.3) is 5.91 Å². The Morgan fingerprint density at radius 2 is 1.43 bits per heavy atom. The van der Waals surface area contributed by atoms with Crippen molar-refractivity contribution in [1.82, 2.24) is 9.80 Å². The predicted octanol–water partition coefficient (Wildman–Crippen LogP) is 2.37. The van der Waals surface area contributed by atoms with Crippen molar-refractivity contribution >= 4 is 11.8 Å². The Balaban J connectivity index is 1.59. The average molecular weight is 386 g/mol. The Morgan fingerprint density at radius 3 is 1.96 bits per heavy atom. The Morgan fingerprint density at radius 1 is 0.893 bits per heavy atom. The number of methoxy groups -OCH3 is 2. The molecular weight excluding hydrogens is 363 g/mol. The van der Waals surface area contributed by atoms with E-state index < -0.39 is 0 Å². The van der Waals surface area contributed by atoms with E-state index >= 15 is 0 Å². The molecule has 0 radical (unpaired) electrons. The first-order valence-corrected chi connectivity index (χ1v) is 9.04. The van der Waals surface area contributed by atoms with Crippen LogP contribution in [0.3, 0.4) is 0 Å². The lowest BCUT2D eigenvalue weighted by atomic mass is 10.1. The van der Waals surface area contributed by atoms with Gasteiger partial charge in [0.1, 0.15) is 17.3 Å². The molecule has 2 aromatic rings. The van der Waals surface area contributed by atoms with Crippen molar-refractivity contribution in [2.45, 2.75) is 6.42 Å². The van der Waals surface area contributed by atoms with Crippen LogP contribution in [0.2, 0.25) is 0 Å². The molecule has 1 aliphatic rings. The van der Waals surface area contributed by atoms with Gasteiger partial charge in [-0.3, -0.25) is 9.59 Å². The van der Waals surface area contributed by atoms with E-state index in [2.05, 4.69) is 0 Å². The molecule has 0 atom stereocenters. The van der Waals surface area contributed by atoms with Crippen LogP contribution in [0.5, 0.6) is 11.5 Å². The normalized spacial score (nSPS) is 14.0. The minimum Gasteiger partial charge on any atom is -0.497 e. The Hall–Kier alpha value is -3.09. The summed E-state index contributed by atoms with van der Waals surface area (Å²) in [6, 6.07) is 11.0. The minimum absolute atomic E-state index is 0.0262. The molecule has 148 valence electrons. The molecule has 7 heteroatoms. The molecule has 1 saturated heterocycles. The van der Waals surface area contributed by atoms with E-state index in [0.717, 1.165) is 5.56 Å². The molecule has 3 rings (SSSR count). The van der Waals surface area contributed by atoms with Gasteiger partial charge in [-0.05, 0) is 29.8 Å². The van der Waals surface area contributed by atoms with Crippen LogP contribution in [0.1, 0.15) is 15.9 Å². The maximum atomic E-state index is 13.0. The number of piperazine rings is 1. The van der Waals surface area contributed by atoms with Crippen molar-refractivity contribution < 1.29 is 23.5 Å². The van der Waals surface area contributed by atoms with E-state index in [9.17, 15) is 14.0 Å². The van der Waals surface area contributed by atoms with Gasteiger partial charge in [-0.2, -0.15) is 0 Å². The first-order valence-electron chi connectivity index (χ1n) is 9.04. The third-order valence-corrected chi connectivity index (χ3v) is 4.79. The Bertz CT molecular complexity index is 824. The van der Waals surface area contributed by atoms with Gasteiger partial charge >= 0.3 is 0 Å². The maximum absolute atomic E-state index is 13.0. The van der Waals surface area contributed by atoms with Crippen LogP contribution in [-0.2, 0) is 11.2 Å². The monoisotopic (exact) mass is 386 g/mol. The molecule has 0 saturated carbocycles. The molecule has 6 nitrogen and oxygen atoms in total. The van der Waals surface area contributed by atoms with E-state index in [1.807, 2.05) is 0 Å². The average Bonchev–Trinajstić information content (AvgIpc) is 2.74. The number of carbonyl (C=O) groups is 2. The zero-order valence-electron chi connectivity index (χ0n) is 16.0. The number of rotatable bonds is 5. The van der Waals surface area contributed by atoms with Crippen molar-refractivity contribution in [1.29, 1.82) is 0 Å². The first-order chi connectivity index (χ1) is 13.5. The van der Waals surface area contributed by atoms with Gasteiger partial charge in [0.15, 0.2) is 0 Å². The van der Waals surface area contributed by atoms with E-state index in [-0.39, 0.29) is 24.1 Å². The van der Waals surface area contributed by atoms with E-state index in [4.69, 9.17) is 9.47 Å². The largest absolute Gasteiger partial charge is 0.497 e. The second-order valence-electron chi connectivity index (χ2n) is 6.58. The van der Waals surface area contributed by atoms with Crippen molar-refractivity contribution in [2.24, 2.45) is 0 Å². The lowest BCUT2D eigenvalue weighted by Gasteiger charge is -2.35. The number of carbonyl (C=O) groups excluding carboxylic acids is 2. The van der Waals surface area contributed by atoms with Crippen LogP contribution in [-0.4, -0.2) is 62.0 Å². The lowest BCUT2D eigenvalue weighted by Crippen LogP contribution is -2.51. The fourth-order valence-electron chi connectivity index (χ4n) is 3.16. The highest BCUT2D eigenvalue weighted by molar-refractivity contribution is 5.95. The standard InChI is InChI=1S/C21H23FN2O4/c1-27-18-12-16(13-19(14-18)28-2)21(26)24-9-7-23(8-10-24)20(25)11-15-3-5-17(22)6-4-15/h3-6,12-14H,7-11H2,1-2H3. The van der Waals surface area contributed by atoms with Gasteiger partial charge in [-0.25, -0.2) is 4.39 Å². The van der Waals surface area contributed by atoms with Gasteiger partial charge in [-0.15, -0.1) is 0 Å². The van der Waals surface area contributed by atoms with Gasteiger partial charge in [0.05, 0.1) is 20.6 Å². The summed E-state index contributed by atoms with van der Waals surface area (Å²) in [5.74, 6) is 0.633. The quantitative estimate of drug-likeness (QED) is 0.792. The lowest BCUT2D eigenvalue weighted by molar-refractivity contribution is -0.131. The SMILES string of the molecule is COc1cc(OC)cc(C(=O)N2CCN(C(=O)Cc3ccc(F)cc3)CC2)c1. The van der Waals surface area contributed by atoms with Gasteiger partial charge in [0.2, 0.25) is 5.91 Å². The molecule has 1 heterocycles. The third-order valence-electron chi connectivity index (χ3n) is 4.79. The first kappa shape index (κ1) is 19.7. The number of hydrogen-bond donors (Lipinski definition) is 0. The zero-order chi connectivity index (χ0) is 20.1. The molecule has 2 amide bonds. The molecule has 1 aliphatic heterocycles. The molecule has 28 heavy (non-hydrogen) atoms. The number of benzene rings is 2. The molecule has 0 N–H and O–H groups in total. The maximum Gasteiger partial charge on any atom is 0.254 e. The summed E-state index contributed by atoms with van der Waals surface area (Å²) in [7, 11) is 3.07. The fourth-order valence-corrected chi connectivity index (χ4v) is 3.16. The van der Waals surface area contributed by atoms with Crippen molar-refractivity contribution in [3.8, 4) is 11.5 Å². The van der Waals surface area contributed by atoms with Gasteiger partial charge in [-0.1, -0.05) is 12.1 Å². The molecular formula is C21H23FN2O4. The number of halogens is 1. The van der Waals surface area contributed by atoms with E-state index in [1.165, 1.54) is 26.4 Å². The highest BCUT2D eigenvalue weighted by atomic mass is 19.1. The fraction of sp³-hybridized carbons (Fsp3) is 0.333. The summed E-state index contributed by atoms with van der Waals surface area (Å²) >= 11 is 0. The van der Waals surface area contributed by atoms with Crippen LogP contribution in [0.4, 0.5) is 4.39 Å². The van der Waals surface area contributed by atoms with Gasteiger partial charge in [0, 0.05) is 37.8 Å².